The molecule has 1 fully saturated rings. The van der Waals surface area contributed by atoms with E-state index in [2.05, 4.69) is 24.5 Å². The first kappa shape index (κ1) is 18.2. The highest BCUT2D eigenvalue weighted by Gasteiger charge is 2.25. The summed E-state index contributed by atoms with van der Waals surface area (Å²) in [6, 6.07) is 4.76. The minimum absolute atomic E-state index is 0.0819. The first-order chi connectivity index (χ1) is 11.5. The number of carbonyl (C=O) groups is 1. The predicted octanol–water partition coefficient (Wildman–Crippen LogP) is 2.96. The van der Waals surface area contributed by atoms with Crippen molar-refractivity contribution in [1.82, 2.24) is 5.32 Å². The monoisotopic (exact) mass is 335 g/mol. The van der Waals surface area contributed by atoms with Gasteiger partial charge in [-0.05, 0) is 37.3 Å². The first-order valence-corrected chi connectivity index (χ1v) is 8.38. The highest BCUT2D eigenvalue weighted by Crippen LogP contribution is 2.26. The molecule has 1 saturated carbocycles. The molecule has 0 unspecified atom stereocenters. The second-order valence-corrected chi connectivity index (χ2v) is 6.49. The topological polar surface area (TPSA) is 93.5 Å². The van der Waals surface area contributed by atoms with E-state index in [1.807, 2.05) is 0 Å². The molecule has 1 amide bonds. The maximum absolute atomic E-state index is 12.0. The smallest absolute Gasteiger partial charge is 0.293 e. The van der Waals surface area contributed by atoms with E-state index in [1.54, 1.807) is 12.1 Å². The zero-order valence-corrected chi connectivity index (χ0v) is 14.2. The molecule has 0 radical (unpaired) electrons. The number of nitrogens with one attached hydrogen (secondary N) is 2. The standard InChI is InChI=1S/C17H25N3O4/c1-12(2)11-24-9-3-8-18-15-7-4-13(10-16(15)20(22)23)17(21)19-14-5-6-14/h4,7,10,12,14,18H,3,5-6,8-9,11H2,1-2H3,(H,19,21). The number of hydrogen-bond acceptors (Lipinski definition) is 5. The van der Waals surface area contributed by atoms with Crippen molar-refractivity contribution >= 4 is 17.3 Å². The van der Waals surface area contributed by atoms with Crippen LogP contribution in [0, 0.1) is 16.0 Å². The lowest BCUT2D eigenvalue weighted by Crippen LogP contribution is -2.25. The highest BCUT2D eigenvalue weighted by molar-refractivity contribution is 5.96. The van der Waals surface area contributed by atoms with Crippen LogP contribution in [0.5, 0.6) is 0 Å². The maximum Gasteiger partial charge on any atom is 0.293 e. The molecule has 0 aliphatic heterocycles. The van der Waals surface area contributed by atoms with Gasteiger partial charge in [-0.3, -0.25) is 14.9 Å². The molecule has 132 valence electrons. The molecule has 0 saturated heterocycles. The molecule has 2 N–H and O–H groups in total. The lowest BCUT2D eigenvalue weighted by atomic mass is 10.1. The second-order valence-electron chi connectivity index (χ2n) is 6.49. The lowest BCUT2D eigenvalue weighted by molar-refractivity contribution is -0.384. The summed E-state index contributed by atoms with van der Waals surface area (Å²) in [7, 11) is 0. The molecular formula is C17H25N3O4. The summed E-state index contributed by atoms with van der Waals surface area (Å²) in [6.07, 6.45) is 2.71. The number of benzene rings is 1. The minimum atomic E-state index is -0.467. The van der Waals surface area contributed by atoms with Gasteiger partial charge in [-0.2, -0.15) is 0 Å². The molecule has 7 heteroatoms. The molecule has 0 aromatic heterocycles. The van der Waals surface area contributed by atoms with Crippen molar-refractivity contribution in [2.45, 2.75) is 39.2 Å². The fraction of sp³-hybridized carbons (Fsp3) is 0.588. The fourth-order valence-corrected chi connectivity index (χ4v) is 2.19. The zero-order chi connectivity index (χ0) is 17.5. The van der Waals surface area contributed by atoms with E-state index in [9.17, 15) is 14.9 Å². The summed E-state index contributed by atoms with van der Waals surface area (Å²) in [4.78, 5) is 22.8. The van der Waals surface area contributed by atoms with E-state index >= 15 is 0 Å². The van der Waals surface area contributed by atoms with Crippen LogP contribution in [-0.4, -0.2) is 36.6 Å². The van der Waals surface area contributed by atoms with Gasteiger partial charge < -0.3 is 15.4 Å². The predicted molar refractivity (Wildman–Crippen MR) is 92.3 cm³/mol. The van der Waals surface area contributed by atoms with Crippen molar-refractivity contribution in [2.24, 2.45) is 5.92 Å². The summed E-state index contributed by atoms with van der Waals surface area (Å²) >= 11 is 0. The van der Waals surface area contributed by atoms with E-state index in [0.29, 0.717) is 36.9 Å². The maximum atomic E-state index is 12.0. The molecule has 1 aliphatic rings. The third-order valence-electron chi connectivity index (χ3n) is 3.60. The molecule has 0 spiro atoms. The lowest BCUT2D eigenvalue weighted by Gasteiger charge is -2.10. The van der Waals surface area contributed by atoms with Crippen molar-refractivity contribution in [3.63, 3.8) is 0 Å². The molecule has 7 nitrogen and oxygen atoms in total. The highest BCUT2D eigenvalue weighted by atomic mass is 16.6. The third kappa shape index (κ3) is 5.81. The van der Waals surface area contributed by atoms with Crippen LogP contribution in [0.4, 0.5) is 11.4 Å². The largest absolute Gasteiger partial charge is 0.381 e. The van der Waals surface area contributed by atoms with Crippen molar-refractivity contribution in [1.29, 1.82) is 0 Å². The number of nitro groups is 1. The molecule has 0 bridgehead atoms. The number of anilines is 1. The Morgan fingerprint density at radius 3 is 2.79 bits per heavy atom. The average Bonchev–Trinajstić information content (AvgIpc) is 3.34. The molecule has 24 heavy (non-hydrogen) atoms. The molecule has 1 aromatic carbocycles. The summed E-state index contributed by atoms with van der Waals surface area (Å²) in [5.74, 6) is 0.239. The van der Waals surface area contributed by atoms with Crippen LogP contribution in [-0.2, 0) is 4.74 Å². The van der Waals surface area contributed by atoms with E-state index < -0.39 is 4.92 Å². The van der Waals surface area contributed by atoms with Gasteiger partial charge in [0, 0.05) is 37.4 Å². The summed E-state index contributed by atoms with van der Waals surface area (Å²) < 4.78 is 5.48. The van der Waals surface area contributed by atoms with Gasteiger partial charge in [0.05, 0.1) is 4.92 Å². The molecule has 0 heterocycles. The minimum Gasteiger partial charge on any atom is -0.381 e. The Hall–Kier alpha value is -2.15. The summed E-state index contributed by atoms with van der Waals surface area (Å²) in [5, 5.41) is 17.1. The molecule has 1 aliphatic carbocycles. The van der Waals surface area contributed by atoms with Gasteiger partial charge in [-0.15, -0.1) is 0 Å². The molecule has 0 atom stereocenters. The number of carbonyl (C=O) groups excluding carboxylic acids is 1. The van der Waals surface area contributed by atoms with Crippen LogP contribution in [0.3, 0.4) is 0 Å². The number of amides is 1. The van der Waals surface area contributed by atoms with E-state index in [-0.39, 0.29) is 17.6 Å². The number of rotatable bonds is 10. The van der Waals surface area contributed by atoms with Crippen molar-refractivity contribution in [3.05, 3.63) is 33.9 Å². The Morgan fingerprint density at radius 1 is 1.42 bits per heavy atom. The third-order valence-corrected chi connectivity index (χ3v) is 3.60. The molecule has 1 aromatic rings. The zero-order valence-electron chi connectivity index (χ0n) is 14.2. The SMILES string of the molecule is CC(C)COCCCNc1ccc(C(=O)NC2CC2)cc1[N+](=O)[O-]. The number of nitrogens with zero attached hydrogens (tertiary/aromatic N) is 1. The Labute approximate surface area is 141 Å². The van der Waals surface area contributed by atoms with Crippen molar-refractivity contribution in [2.75, 3.05) is 25.1 Å². The van der Waals surface area contributed by atoms with Gasteiger partial charge >= 0.3 is 0 Å². The van der Waals surface area contributed by atoms with Gasteiger partial charge in [-0.1, -0.05) is 13.8 Å². The Kier molecular flexibility index (Phi) is 6.54. The summed E-state index contributed by atoms with van der Waals surface area (Å²) in [5.41, 5.74) is 0.660. The van der Waals surface area contributed by atoms with Gasteiger partial charge in [0.2, 0.25) is 0 Å². The Morgan fingerprint density at radius 2 is 2.17 bits per heavy atom. The Bertz CT molecular complexity index is 585. The van der Waals surface area contributed by atoms with Crippen LogP contribution in [0.15, 0.2) is 18.2 Å². The van der Waals surface area contributed by atoms with E-state index in [0.717, 1.165) is 19.3 Å². The number of nitro benzene ring substituents is 1. The van der Waals surface area contributed by atoms with Crippen LogP contribution in [0.1, 0.15) is 43.5 Å². The van der Waals surface area contributed by atoms with Crippen LogP contribution in [0.2, 0.25) is 0 Å². The van der Waals surface area contributed by atoms with Crippen LogP contribution >= 0.6 is 0 Å². The van der Waals surface area contributed by atoms with Gasteiger partial charge in [0.25, 0.3) is 11.6 Å². The fourth-order valence-electron chi connectivity index (χ4n) is 2.19. The second kappa shape index (κ2) is 8.63. The quantitative estimate of drug-likeness (QED) is 0.389. The first-order valence-electron chi connectivity index (χ1n) is 8.38. The average molecular weight is 335 g/mol. The molecule has 2 rings (SSSR count). The van der Waals surface area contributed by atoms with Crippen molar-refractivity contribution < 1.29 is 14.5 Å². The van der Waals surface area contributed by atoms with Gasteiger partial charge in [-0.25, -0.2) is 0 Å². The van der Waals surface area contributed by atoms with Crippen LogP contribution in [0.25, 0.3) is 0 Å². The van der Waals surface area contributed by atoms with E-state index in [4.69, 9.17) is 4.74 Å². The molecular weight excluding hydrogens is 310 g/mol. The Balaban J connectivity index is 1.89. The van der Waals surface area contributed by atoms with Crippen LogP contribution < -0.4 is 10.6 Å². The summed E-state index contributed by atoms with van der Waals surface area (Å²) in [6.45, 7) is 6.07. The number of ether oxygens (including phenoxy) is 1. The number of hydrogen-bond donors (Lipinski definition) is 2. The van der Waals surface area contributed by atoms with Crippen molar-refractivity contribution in [3.8, 4) is 0 Å². The van der Waals surface area contributed by atoms with Gasteiger partial charge in [0.1, 0.15) is 5.69 Å². The van der Waals surface area contributed by atoms with E-state index in [1.165, 1.54) is 6.07 Å². The van der Waals surface area contributed by atoms with Gasteiger partial charge in [0.15, 0.2) is 0 Å². The normalized spacial score (nSPS) is 13.8.